The van der Waals surface area contributed by atoms with Gasteiger partial charge in [0.1, 0.15) is 0 Å². The van der Waals surface area contributed by atoms with Crippen molar-refractivity contribution in [2.75, 3.05) is 11.6 Å². The molecule has 21 heavy (non-hydrogen) atoms. The molecule has 0 aromatic heterocycles. The van der Waals surface area contributed by atoms with Gasteiger partial charge in [0, 0.05) is 10.6 Å². The average Bonchev–Trinajstić information content (AvgIpc) is 2.51. The van der Waals surface area contributed by atoms with Gasteiger partial charge in [0.05, 0.1) is 6.04 Å². The fourth-order valence-corrected chi connectivity index (χ4v) is 3.60. The monoisotopic (exact) mass is 297 g/mol. The molecule has 0 spiro atoms. The minimum Gasteiger partial charge on any atom is -0.378 e. The maximum Gasteiger partial charge on any atom is 0.0567 e. The molecule has 0 heterocycles. The quantitative estimate of drug-likeness (QED) is 0.747. The van der Waals surface area contributed by atoms with Crippen LogP contribution in [0.4, 0.5) is 5.69 Å². The summed E-state index contributed by atoms with van der Waals surface area (Å²) in [5, 5.41) is 3.77. The van der Waals surface area contributed by atoms with Gasteiger partial charge < -0.3 is 5.32 Å². The molecule has 0 bridgehead atoms. The van der Waals surface area contributed by atoms with Crippen LogP contribution >= 0.6 is 11.8 Å². The van der Waals surface area contributed by atoms with Crippen LogP contribution < -0.4 is 5.32 Å². The molecule has 0 saturated heterocycles. The van der Waals surface area contributed by atoms with E-state index in [0.29, 0.717) is 6.04 Å². The number of hydrogen-bond acceptors (Lipinski definition) is 2. The van der Waals surface area contributed by atoms with Gasteiger partial charge in [-0.1, -0.05) is 38.1 Å². The summed E-state index contributed by atoms with van der Waals surface area (Å²) < 4.78 is 0. The number of thioether (sulfide) groups is 1. The SMILES string of the molecule is CSc1ccc(NC2c3ccccc3CCC2(C)C)cc1. The minimum atomic E-state index is 0.270. The summed E-state index contributed by atoms with van der Waals surface area (Å²) in [4.78, 5) is 1.31. The van der Waals surface area contributed by atoms with Crippen LogP contribution in [0.15, 0.2) is 53.4 Å². The van der Waals surface area contributed by atoms with Crippen LogP contribution in [0, 0.1) is 5.41 Å². The molecule has 2 aromatic carbocycles. The first-order valence-corrected chi connectivity index (χ1v) is 8.81. The molecule has 0 aliphatic heterocycles. The molecular weight excluding hydrogens is 274 g/mol. The first kappa shape index (κ1) is 14.5. The van der Waals surface area contributed by atoms with Crippen molar-refractivity contribution >= 4 is 17.4 Å². The van der Waals surface area contributed by atoms with Gasteiger partial charge in [-0.25, -0.2) is 0 Å². The van der Waals surface area contributed by atoms with Gasteiger partial charge in [-0.2, -0.15) is 0 Å². The molecule has 1 nitrogen and oxygen atoms in total. The third-order valence-corrected chi connectivity index (χ3v) is 5.33. The van der Waals surface area contributed by atoms with Gasteiger partial charge in [0.25, 0.3) is 0 Å². The minimum absolute atomic E-state index is 0.270. The fourth-order valence-electron chi connectivity index (χ4n) is 3.19. The van der Waals surface area contributed by atoms with Crippen molar-refractivity contribution in [3.8, 4) is 0 Å². The highest BCUT2D eigenvalue weighted by Gasteiger charge is 2.35. The van der Waals surface area contributed by atoms with Crippen molar-refractivity contribution in [1.82, 2.24) is 0 Å². The molecule has 3 rings (SSSR count). The Hall–Kier alpha value is -1.41. The Morgan fingerprint density at radius 2 is 1.76 bits per heavy atom. The lowest BCUT2D eigenvalue weighted by molar-refractivity contribution is 0.265. The molecule has 110 valence electrons. The Bertz CT molecular complexity index is 616. The molecule has 0 saturated carbocycles. The van der Waals surface area contributed by atoms with E-state index < -0.39 is 0 Å². The molecular formula is C19H23NS. The first-order chi connectivity index (χ1) is 10.1. The summed E-state index contributed by atoms with van der Waals surface area (Å²) in [6, 6.07) is 18.0. The molecule has 0 amide bonds. The smallest absolute Gasteiger partial charge is 0.0567 e. The summed E-state index contributed by atoms with van der Waals surface area (Å²) >= 11 is 1.78. The average molecular weight is 297 g/mol. The van der Waals surface area contributed by atoms with Crippen molar-refractivity contribution in [3.05, 3.63) is 59.7 Å². The maximum absolute atomic E-state index is 3.77. The molecule has 0 fully saturated rings. The Balaban J connectivity index is 1.91. The van der Waals surface area contributed by atoms with E-state index in [1.807, 2.05) is 0 Å². The van der Waals surface area contributed by atoms with Gasteiger partial charge in [0.2, 0.25) is 0 Å². The van der Waals surface area contributed by atoms with Crippen LogP contribution in [-0.4, -0.2) is 6.26 Å². The Morgan fingerprint density at radius 3 is 2.48 bits per heavy atom. The van der Waals surface area contributed by atoms with Gasteiger partial charge in [0.15, 0.2) is 0 Å². The van der Waals surface area contributed by atoms with Crippen molar-refractivity contribution in [3.63, 3.8) is 0 Å². The van der Waals surface area contributed by atoms with Crippen LogP contribution in [0.2, 0.25) is 0 Å². The second-order valence-electron chi connectivity index (χ2n) is 6.49. The van der Waals surface area contributed by atoms with E-state index in [1.54, 1.807) is 11.8 Å². The molecule has 2 aromatic rings. The molecule has 1 aliphatic rings. The highest BCUT2D eigenvalue weighted by molar-refractivity contribution is 7.98. The summed E-state index contributed by atoms with van der Waals surface area (Å²) in [7, 11) is 0. The topological polar surface area (TPSA) is 12.0 Å². The first-order valence-electron chi connectivity index (χ1n) is 7.58. The number of anilines is 1. The third-order valence-electron chi connectivity index (χ3n) is 4.59. The van der Waals surface area contributed by atoms with Gasteiger partial charge in [-0.15, -0.1) is 11.8 Å². The van der Waals surface area contributed by atoms with E-state index in [9.17, 15) is 0 Å². The highest BCUT2D eigenvalue weighted by Crippen LogP contribution is 2.45. The van der Waals surface area contributed by atoms with E-state index >= 15 is 0 Å². The summed E-state index contributed by atoms with van der Waals surface area (Å²) in [6.07, 6.45) is 4.53. The maximum atomic E-state index is 3.77. The zero-order valence-electron chi connectivity index (χ0n) is 13.0. The summed E-state index contributed by atoms with van der Waals surface area (Å²) in [5.41, 5.74) is 4.44. The summed E-state index contributed by atoms with van der Waals surface area (Å²) in [5.74, 6) is 0. The largest absolute Gasteiger partial charge is 0.378 e. The van der Waals surface area contributed by atoms with Crippen molar-refractivity contribution in [1.29, 1.82) is 0 Å². The van der Waals surface area contributed by atoms with Gasteiger partial charge >= 0.3 is 0 Å². The van der Waals surface area contributed by atoms with Crippen LogP contribution in [0.25, 0.3) is 0 Å². The second kappa shape index (κ2) is 5.76. The lowest BCUT2D eigenvalue weighted by Crippen LogP contribution is -2.33. The van der Waals surface area contributed by atoms with Crippen LogP contribution in [-0.2, 0) is 6.42 Å². The van der Waals surface area contributed by atoms with E-state index in [-0.39, 0.29) is 5.41 Å². The number of aryl methyl sites for hydroxylation is 1. The van der Waals surface area contributed by atoms with E-state index in [1.165, 1.54) is 34.6 Å². The molecule has 1 atom stereocenters. The zero-order valence-corrected chi connectivity index (χ0v) is 13.8. The van der Waals surface area contributed by atoms with Gasteiger partial charge in [-0.3, -0.25) is 0 Å². The molecule has 1 aliphatic carbocycles. The molecule has 0 radical (unpaired) electrons. The number of benzene rings is 2. The van der Waals surface area contributed by atoms with Crippen LogP contribution in [0.3, 0.4) is 0 Å². The van der Waals surface area contributed by atoms with Crippen molar-refractivity contribution in [2.45, 2.75) is 37.6 Å². The Kier molecular flexibility index (Phi) is 3.99. The summed E-state index contributed by atoms with van der Waals surface area (Å²) in [6.45, 7) is 4.74. The predicted octanol–water partition coefficient (Wildman–Crippen LogP) is 5.53. The van der Waals surface area contributed by atoms with Crippen molar-refractivity contribution < 1.29 is 0 Å². The van der Waals surface area contributed by atoms with Crippen molar-refractivity contribution in [2.24, 2.45) is 5.41 Å². The number of hydrogen-bond donors (Lipinski definition) is 1. The van der Waals surface area contributed by atoms with Crippen LogP contribution in [0.5, 0.6) is 0 Å². The lowest BCUT2D eigenvalue weighted by atomic mass is 9.70. The zero-order chi connectivity index (χ0) is 14.9. The van der Waals surface area contributed by atoms with E-state index in [0.717, 1.165) is 0 Å². The second-order valence-corrected chi connectivity index (χ2v) is 7.37. The van der Waals surface area contributed by atoms with E-state index in [2.05, 4.69) is 74.0 Å². The number of nitrogens with one attached hydrogen (secondary N) is 1. The van der Waals surface area contributed by atoms with Gasteiger partial charge in [-0.05, 0) is 59.9 Å². The Labute approximate surface area is 132 Å². The normalized spacial score (nSPS) is 19.9. The fraction of sp³-hybridized carbons (Fsp3) is 0.368. The predicted molar refractivity (Wildman–Crippen MR) is 93.1 cm³/mol. The highest BCUT2D eigenvalue weighted by atomic mass is 32.2. The third kappa shape index (κ3) is 2.96. The van der Waals surface area contributed by atoms with E-state index in [4.69, 9.17) is 0 Å². The molecule has 1 N–H and O–H groups in total. The lowest BCUT2D eigenvalue weighted by Gasteiger charge is -2.41. The standard InChI is InChI=1S/C19H23NS/c1-19(2)13-12-14-6-4-5-7-17(14)18(19)20-15-8-10-16(21-3)11-9-15/h4-11,18,20H,12-13H2,1-3H3. The molecule has 1 unspecified atom stereocenters. The Morgan fingerprint density at radius 1 is 1.05 bits per heavy atom. The molecule has 2 heteroatoms. The number of fused-ring (bicyclic) bond motifs is 1. The number of rotatable bonds is 3. The van der Waals surface area contributed by atoms with Crippen LogP contribution in [0.1, 0.15) is 37.4 Å².